The van der Waals surface area contributed by atoms with Crippen molar-refractivity contribution in [3.05, 3.63) is 25.9 Å². The fourth-order valence-corrected chi connectivity index (χ4v) is 2.32. The van der Waals surface area contributed by atoms with Crippen LogP contribution >= 0.6 is 43.5 Å². The van der Waals surface area contributed by atoms with Gasteiger partial charge in [0.05, 0.1) is 15.2 Å². The molecule has 0 aliphatic rings. The summed E-state index contributed by atoms with van der Waals surface area (Å²) >= 11 is 11.9. The van der Waals surface area contributed by atoms with Crippen LogP contribution in [0.4, 0.5) is 10.1 Å². The minimum Gasteiger partial charge on any atom is -0.370 e. The minimum atomic E-state index is -0.593. The Morgan fingerprint density at radius 1 is 1.29 bits per heavy atom. The lowest BCUT2D eigenvalue weighted by atomic mass is 10.3. The minimum absolute atomic E-state index is 0.107. The third kappa shape index (κ3) is 3.55. The van der Waals surface area contributed by atoms with E-state index in [0.717, 1.165) is 6.07 Å². The zero-order chi connectivity index (χ0) is 13.2. The van der Waals surface area contributed by atoms with Crippen molar-refractivity contribution in [1.29, 1.82) is 0 Å². The van der Waals surface area contributed by atoms with Gasteiger partial charge in [-0.15, -0.1) is 0 Å². The molecule has 0 aromatic heterocycles. The predicted molar refractivity (Wildman–Crippen MR) is 73.9 cm³/mol. The Balaban J connectivity index is 3.34. The van der Waals surface area contributed by atoms with E-state index in [1.54, 1.807) is 0 Å². The van der Waals surface area contributed by atoms with Gasteiger partial charge in [-0.3, -0.25) is 0 Å². The van der Waals surface area contributed by atoms with Crippen molar-refractivity contribution in [2.75, 3.05) is 0 Å². The summed E-state index contributed by atoms with van der Waals surface area (Å²) in [5, 5.41) is -0.107. The number of nitrogens with two attached hydrogens (primary N) is 3. The molecule has 0 radical (unpaired) electrons. The van der Waals surface area contributed by atoms with Gasteiger partial charge in [-0.1, -0.05) is 11.6 Å². The second kappa shape index (κ2) is 5.65. The van der Waals surface area contributed by atoms with Crippen molar-refractivity contribution in [2.45, 2.75) is 0 Å². The summed E-state index contributed by atoms with van der Waals surface area (Å²) in [4.78, 5) is 7.43. The maximum Gasteiger partial charge on any atom is 0.223 e. The third-order valence-corrected chi connectivity index (χ3v) is 3.53. The van der Waals surface area contributed by atoms with Crippen molar-refractivity contribution >= 4 is 61.1 Å². The molecule has 6 N–H and O–H groups in total. The molecule has 0 heterocycles. The lowest BCUT2D eigenvalue weighted by molar-refractivity contribution is 0.626. The van der Waals surface area contributed by atoms with Crippen LogP contribution in [0.1, 0.15) is 0 Å². The van der Waals surface area contributed by atoms with E-state index in [1.807, 2.05) is 0 Å². The lowest BCUT2D eigenvalue weighted by Crippen LogP contribution is -2.26. The first kappa shape index (κ1) is 14.2. The van der Waals surface area contributed by atoms with Crippen LogP contribution in [0.15, 0.2) is 25.0 Å². The fraction of sp³-hybridized carbons (Fsp3) is 0. The van der Waals surface area contributed by atoms with Gasteiger partial charge in [0.1, 0.15) is 5.82 Å². The maximum atomic E-state index is 13.2. The van der Waals surface area contributed by atoms with Crippen LogP contribution in [-0.4, -0.2) is 11.9 Å². The molecule has 0 spiro atoms. The summed E-state index contributed by atoms with van der Waals surface area (Å²) in [5.41, 5.74) is 16.0. The van der Waals surface area contributed by atoms with Crippen molar-refractivity contribution in [2.24, 2.45) is 27.2 Å². The summed E-state index contributed by atoms with van der Waals surface area (Å²) in [6.45, 7) is 0. The molecule has 0 aliphatic carbocycles. The van der Waals surface area contributed by atoms with Gasteiger partial charge in [-0.2, -0.15) is 4.99 Å². The Hall–Kier alpha value is -0.860. The number of nitrogens with zero attached hydrogens (tertiary/aromatic N) is 2. The van der Waals surface area contributed by atoms with Crippen LogP contribution in [0.25, 0.3) is 0 Å². The standard InChI is InChI=1S/C8H7Br2ClFN5/c9-2-1-3(12)5(11)4(10)6(2)16-8(15)17-7(13)14/h1H,(H6,13,14,15,16,17). The van der Waals surface area contributed by atoms with Gasteiger partial charge in [0.2, 0.25) is 5.96 Å². The fourth-order valence-electron chi connectivity index (χ4n) is 0.931. The predicted octanol–water partition coefficient (Wildman–Crippen LogP) is 2.22. The SMILES string of the molecule is NC(N)=NC(N)=Nc1c(Br)cc(F)c(Cl)c1Br. The molecule has 0 unspecified atom stereocenters. The van der Waals surface area contributed by atoms with Gasteiger partial charge in [0.25, 0.3) is 0 Å². The summed E-state index contributed by atoms with van der Waals surface area (Å²) in [6, 6.07) is 1.16. The van der Waals surface area contributed by atoms with E-state index < -0.39 is 5.82 Å². The number of hydrogen-bond donors (Lipinski definition) is 3. The monoisotopic (exact) mass is 385 g/mol. The van der Waals surface area contributed by atoms with E-state index in [1.165, 1.54) is 0 Å². The van der Waals surface area contributed by atoms with Crippen LogP contribution in [0.5, 0.6) is 0 Å². The van der Waals surface area contributed by atoms with E-state index in [-0.39, 0.29) is 21.4 Å². The number of halogens is 4. The molecular weight excluding hydrogens is 380 g/mol. The number of hydrogen-bond acceptors (Lipinski definition) is 1. The molecule has 5 nitrogen and oxygen atoms in total. The van der Waals surface area contributed by atoms with E-state index in [2.05, 4.69) is 41.8 Å². The molecule has 0 bridgehead atoms. The summed E-state index contributed by atoms with van der Waals surface area (Å²) in [6.07, 6.45) is 0. The van der Waals surface area contributed by atoms with Gasteiger partial charge in [0.15, 0.2) is 5.96 Å². The average Bonchev–Trinajstić information content (AvgIpc) is 2.20. The first-order chi connectivity index (χ1) is 7.82. The van der Waals surface area contributed by atoms with Crippen LogP contribution in [0.3, 0.4) is 0 Å². The van der Waals surface area contributed by atoms with Crippen LogP contribution in [-0.2, 0) is 0 Å². The average molecular weight is 387 g/mol. The van der Waals surface area contributed by atoms with Crippen LogP contribution in [0, 0.1) is 5.82 Å². The highest BCUT2D eigenvalue weighted by Crippen LogP contribution is 2.40. The van der Waals surface area contributed by atoms with E-state index in [4.69, 9.17) is 28.8 Å². The molecule has 9 heteroatoms. The second-order valence-electron chi connectivity index (χ2n) is 2.82. The van der Waals surface area contributed by atoms with E-state index >= 15 is 0 Å². The zero-order valence-electron chi connectivity index (χ0n) is 8.22. The van der Waals surface area contributed by atoms with Gasteiger partial charge in [-0.05, 0) is 37.9 Å². The molecule has 92 valence electrons. The zero-order valence-corrected chi connectivity index (χ0v) is 12.1. The molecule has 0 aliphatic heterocycles. The topological polar surface area (TPSA) is 103 Å². The van der Waals surface area contributed by atoms with Gasteiger partial charge in [-0.25, -0.2) is 9.38 Å². The van der Waals surface area contributed by atoms with Crippen molar-refractivity contribution < 1.29 is 4.39 Å². The number of rotatable bonds is 1. The summed E-state index contributed by atoms with van der Waals surface area (Å²) in [7, 11) is 0. The molecule has 17 heavy (non-hydrogen) atoms. The van der Waals surface area contributed by atoms with E-state index in [0.29, 0.717) is 10.2 Å². The van der Waals surface area contributed by atoms with Gasteiger partial charge < -0.3 is 17.2 Å². The van der Waals surface area contributed by atoms with E-state index in [9.17, 15) is 4.39 Å². The van der Waals surface area contributed by atoms with Gasteiger partial charge >= 0.3 is 0 Å². The maximum absolute atomic E-state index is 13.2. The molecule has 1 rings (SSSR count). The number of guanidine groups is 2. The molecule has 0 fully saturated rings. The first-order valence-corrected chi connectivity index (χ1v) is 6.06. The molecule has 0 amide bonds. The second-order valence-corrected chi connectivity index (χ2v) is 4.85. The quantitative estimate of drug-likeness (QED) is 0.298. The molecule has 0 saturated carbocycles. The Kier molecular flexibility index (Phi) is 4.72. The first-order valence-electron chi connectivity index (χ1n) is 4.09. The smallest absolute Gasteiger partial charge is 0.223 e. The highest BCUT2D eigenvalue weighted by molar-refractivity contribution is 9.11. The Labute approximate surface area is 118 Å². The van der Waals surface area contributed by atoms with Crippen molar-refractivity contribution in [1.82, 2.24) is 0 Å². The summed E-state index contributed by atoms with van der Waals surface area (Å²) in [5.74, 6) is -0.995. The molecular formula is C8H7Br2ClFN5. The Bertz CT molecular complexity index is 513. The van der Waals surface area contributed by atoms with Crippen LogP contribution < -0.4 is 17.2 Å². The lowest BCUT2D eigenvalue weighted by Gasteiger charge is -2.05. The highest BCUT2D eigenvalue weighted by Gasteiger charge is 2.13. The number of aliphatic imine (C=N–C) groups is 2. The largest absolute Gasteiger partial charge is 0.370 e. The van der Waals surface area contributed by atoms with Crippen molar-refractivity contribution in [3.63, 3.8) is 0 Å². The highest BCUT2D eigenvalue weighted by atomic mass is 79.9. The number of benzene rings is 1. The molecule has 0 atom stereocenters. The Morgan fingerprint density at radius 2 is 1.88 bits per heavy atom. The molecule has 0 saturated heterocycles. The molecule has 1 aromatic rings. The Morgan fingerprint density at radius 3 is 2.41 bits per heavy atom. The van der Waals surface area contributed by atoms with Crippen molar-refractivity contribution in [3.8, 4) is 0 Å². The third-order valence-electron chi connectivity index (χ3n) is 1.56. The van der Waals surface area contributed by atoms with Crippen LogP contribution in [0.2, 0.25) is 5.02 Å². The van der Waals surface area contributed by atoms with Gasteiger partial charge in [0, 0.05) is 4.47 Å². The summed E-state index contributed by atoms with van der Waals surface area (Å²) < 4.78 is 13.8. The normalized spacial score (nSPS) is 11.4. The molecule has 1 aromatic carbocycles.